The lowest BCUT2D eigenvalue weighted by molar-refractivity contribution is 0.669. The molecule has 0 amide bonds. The molecule has 8 aromatic carbocycles. The SMILES string of the molecule is c1ccc(-c2ccc3oc4cc(-c5nc(-c6ccc7c8ccccc8n(-c8ccccc8)c7c6)nc(-c6cccc7nc(-c8ccccc8)sc67)n5)ccc4c3c2)cc1. The number of para-hydroxylation sites is 2. The Hall–Kier alpha value is -7.74. The van der Waals surface area contributed by atoms with E-state index >= 15 is 0 Å². The molecule has 4 aromatic heterocycles. The smallest absolute Gasteiger partial charge is 0.165 e. The third-order valence-corrected chi connectivity index (χ3v) is 12.2. The number of fused-ring (bicyclic) bond motifs is 7. The third kappa shape index (κ3) is 5.62. The van der Waals surface area contributed by atoms with E-state index in [-0.39, 0.29) is 0 Å². The van der Waals surface area contributed by atoms with Crippen LogP contribution in [-0.4, -0.2) is 24.5 Å². The van der Waals surface area contributed by atoms with E-state index < -0.39 is 0 Å². The predicted molar refractivity (Wildman–Crippen MR) is 242 cm³/mol. The van der Waals surface area contributed by atoms with Crippen LogP contribution in [0.2, 0.25) is 0 Å². The van der Waals surface area contributed by atoms with Gasteiger partial charge in [-0.3, -0.25) is 0 Å². The van der Waals surface area contributed by atoms with Crippen LogP contribution in [0.15, 0.2) is 192 Å². The van der Waals surface area contributed by atoms with Crippen molar-refractivity contribution in [1.82, 2.24) is 24.5 Å². The number of thiazole rings is 1. The average Bonchev–Trinajstić information content (AvgIpc) is 4.01. The summed E-state index contributed by atoms with van der Waals surface area (Å²) in [6.45, 7) is 0. The summed E-state index contributed by atoms with van der Waals surface area (Å²) in [6.07, 6.45) is 0. The maximum atomic E-state index is 6.49. The van der Waals surface area contributed by atoms with Crippen LogP contribution >= 0.6 is 11.3 Å². The minimum atomic E-state index is 0.561. The van der Waals surface area contributed by atoms with Crippen molar-refractivity contribution in [3.05, 3.63) is 188 Å². The zero-order valence-electron chi connectivity index (χ0n) is 31.5. The summed E-state index contributed by atoms with van der Waals surface area (Å²) in [4.78, 5) is 20.7. The molecule has 0 atom stereocenters. The zero-order chi connectivity index (χ0) is 38.9. The largest absolute Gasteiger partial charge is 0.456 e. The molecule has 12 rings (SSSR count). The molecule has 0 radical (unpaired) electrons. The van der Waals surface area contributed by atoms with Gasteiger partial charge in [-0.1, -0.05) is 127 Å². The number of furan rings is 1. The normalized spacial score (nSPS) is 11.7. The van der Waals surface area contributed by atoms with Gasteiger partial charge in [-0.2, -0.15) is 0 Å². The lowest BCUT2D eigenvalue weighted by Crippen LogP contribution is -2.00. The second-order valence-corrected chi connectivity index (χ2v) is 15.7. The van der Waals surface area contributed by atoms with E-state index in [0.717, 1.165) is 87.1 Å². The number of benzene rings is 8. The van der Waals surface area contributed by atoms with E-state index in [2.05, 4.69) is 156 Å². The van der Waals surface area contributed by atoms with Gasteiger partial charge < -0.3 is 8.98 Å². The molecule has 0 saturated carbocycles. The fourth-order valence-corrected chi connectivity index (χ4v) is 9.35. The van der Waals surface area contributed by atoms with E-state index in [0.29, 0.717) is 17.5 Å². The molecule has 0 aliphatic heterocycles. The second-order valence-electron chi connectivity index (χ2n) is 14.7. The lowest BCUT2D eigenvalue weighted by atomic mass is 10.0. The zero-order valence-corrected chi connectivity index (χ0v) is 32.3. The predicted octanol–water partition coefficient (Wildman–Crippen LogP) is 13.8. The van der Waals surface area contributed by atoms with Gasteiger partial charge in [-0.25, -0.2) is 19.9 Å². The summed E-state index contributed by atoms with van der Waals surface area (Å²) in [6, 6.07) is 65.1. The Kier molecular flexibility index (Phi) is 7.61. The van der Waals surface area contributed by atoms with E-state index in [4.69, 9.17) is 24.4 Å². The van der Waals surface area contributed by atoms with Gasteiger partial charge in [0.25, 0.3) is 0 Å². The molecule has 4 heterocycles. The van der Waals surface area contributed by atoms with Gasteiger partial charge in [0.05, 0.1) is 21.3 Å². The highest BCUT2D eigenvalue weighted by molar-refractivity contribution is 7.22. The van der Waals surface area contributed by atoms with Crippen molar-refractivity contribution in [3.63, 3.8) is 0 Å². The number of rotatable bonds is 6. The minimum Gasteiger partial charge on any atom is -0.456 e. The number of nitrogens with zero attached hydrogens (tertiary/aromatic N) is 5. The first kappa shape index (κ1) is 33.4. The summed E-state index contributed by atoms with van der Waals surface area (Å²) in [5, 5.41) is 5.41. The molecule has 0 saturated heterocycles. The maximum absolute atomic E-state index is 6.49. The van der Waals surface area contributed by atoms with Gasteiger partial charge in [-0.05, 0) is 71.8 Å². The minimum absolute atomic E-state index is 0.561. The fraction of sp³-hybridized carbons (Fsp3) is 0. The van der Waals surface area contributed by atoms with E-state index in [1.807, 2.05) is 36.4 Å². The van der Waals surface area contributed by atoms with Gasteiger partial charge in [0, 0.05) is 49.5 Å². The summed E-state index contributed by atoms with van der Waals surface area (Å²) in [5.41, 5.74) is 11.9. The number of hydrogen-bond acceptors (Lipinski definition) is 6. The Morgan fingerprint density at radius 1 is 0.390 bits per heavy atom. The fourth-order valence-electron chi connectivity index (χ4n) is 8.28. The first-order chi connectivity index (χ1) is 29.2. The number of hydrogen-bond donors (Lipinski definition) is 0. The molecule has 6 nitrogen and oxygen atoms in total. The van der Waals surface area contributed by atoms with Crippen molar-refractivity contribution in [3.8, 4) is 61.5 Å². The first-order valence-corrected chi connectivity index (χ1v) is 20.4. The molecule has 0 spiro atoms. The van der Waals surface area contributed by atoms with Gasteiger partial charge in [0.1, 0.15) is 16.2 Å². The summed E-state index contributed by atoms with van der Waals surface area (Å²) in [7, 11) is 0. The lowest BCUT2D eigenvalue weighted by Gasteiger charge is -2.10. The molecule has 276 valence electrons. The van der Waals surface area contributed by atoms with Gasteiger partial charge in [-0.15, -0.1) is 11.3 Å². The van der Waals surface area contributed by atoms with Crippen LogP contribution in [-0.2, 0) is 0 Å². The molecule has 59 heavy (non-hydrogen) atoms. The van der Waals surface area contributed by atoms with Crippen LogP contribution in [0.4, 0.5) is 0 Å². The topological polar surface area (TPSA) is 69.6 Å². The number of aromatic nitrogens is 5. The van der Waals surface area contributed by atoms with E-state index in [9.17, 15) is 0 Å². The molecule has 0 aliphatic carbocycles. The van der Waals surface area contributed by atoms with E-state index in [1.54, 1.807) is 11.3 Å². The third-order valence-electron chi connectivity index (χ3n) is 11.1. The van der Waals surface area contributed by atoms with Crippen LogP contribution in [0, 0.1) is 0 Å². The Morgan fingerprint density at radius 2 is 1.03 bits per heavy atom. The molecule has 0 aliphatic rings. The van der Waals surface area contributed by atoms with Crippen molar-refractivity contribution in [2.24, 2.45) is 0 Å². The van der Waals surface area contributed by atoms with Crippen molar-refractivity contribution in [2.75, 3.05) is 0 Å². The highest BCUT2D eigenvalue weighted by Crippen LogP contribution is 2.40. The van der Waals surface area contributed by atoms with Crippen molar-refractivity contribution >= 4 is 65.3 Å². The quantitative estimate of drug-likeness (QED) is 0.168. The first-order valence-electron chi connectivity index (χ1n) is 19.5. The average molecular weight is 774 g/mol. The van der Waals surface area contributed by atoms with Crippen LogP contribution in [0.5, 0.6) is 0 Å². The molecule has 12 aromatic rings. The summed E-state index contributed by atoms with van der Waals surface area (Å²) < 4.78 is 9.83. The van der Waals surface area contributed by atoms with Crippen molar-refractivity contribution < 1.29 is 4.42 Å². The maximum Gasteiger partial charge on any atom is 0.165 e. The Labute approximate surface area is 342 Å². The Balaban J connectivity index is 1.06. The Bertz CT molecular complexity index is 3550. The molecular formula is C52H31N5OS. The van der Waals surface area contributed by atoms with Crippen LogP contribution in [0.25, 0.3) is 116 Å². The molecule has 0 unspecified atom stereocenters. The molecule has 0 bridgehead atoms. The highest BCUT2D eigenvalue weighted by Gasteiger charge is 2.20. The Morgan fingerprint density at radius 3 is 1.83 bits per heavy atom. The van der Waals surface area contributed by atoms with Crippen LogP contribution in [0.3, 0.4) is 0 Å². The summed E-state index contributed by atoms with van der Waals surface area (Å²) >= 11 is 1.65. The monoisotopic (exact) mass is 773 g/mol. The second kappa shape index (κ2) is 13.4. The molecule has 7 heteroatoms. The van der Waals surface area contributed by atoms with E-state index in [1.165, 1.54) is 10.9 Å². The molecular weight excluding hydrogens is 743 g/mol. The molecule has 0 N–H and O–H groups in total. The van der Waals surface area contributed by atoms with Gasteiger partial charge in [0.2, 0.25) is 0 Å². The van der Waals surface area contributed by atoms with Crippen molar-refractivity contribution in [1.29, 1.82) is 0 Å². The van der Waals surface area contributed by atoms with Crippen LogP contribution in [0.1, 0.15) is 0 Å². The molecule has 0 fully saturated rings. The summed E-state index contributed by atoms with van der Waals surface area (Å²) in [5.74, 6) is 1.73. The van der Waals surface area contributed by atoms with Crippen LogP contribution < -0.4 is 0 Å². The standard InChI is InChI=1S/C52H31N5OS/c1-4-13-32(14-5-1)34-25-28-46-42(29-34)40-27-24-36(31-47(40)58-46)50-54-49(55-51(56-50)41-20-12-21-43-48(41)59-52(53-43)33-15-6-2-7-16-33)35-23-26-39-38-19-10-11-22-44(38)57(45(39)30-35)37-17-8-3-9-18-37/h1-31H. The van der Waals surface area contributed by atoms with Crippen molar-refractivity contribution in [2.45, 2.75) is 0 Å². The highest BCUT2D eigenvalue weighted by atomic mass is 32.1. The van der Waals surface area contributed by atoms with Gasteiger partial charge >= 0.3 is 0 Å². The van der Waals surface area contributed by atoms with Gasteiger partial charge in [0.15, 0.2) is 17.5 Å².